The Kier molecular flexibility index (Phi) is 5.86. The van der Waals surface area contributed by atoms with Crippen molar-refractivity contribution in [2.75, 3.05) is 0 Å². The van der Waals surface area contributed by atoms with Crippen LogP contribution in [0.4, 0.5) is 0 Å². The first-order chi connectivity index (χ1) is 25.3. The van der Waals surface area contributed by atoms with Crippen LogP contribution in [0, 0.1) is 0 Å². The average Bonchev–Trinajstić information content (AvgIpc) is 3.87. The van der Waals surface area contributed by atoms with Crippen LogP contribution in [-0.4, -0.2) is 19.5 Å². The van der Waals surface area contributed by atoms with Gasteiger partial charge < -0.3 is 13.4 Å². The van der Waals surface area contributed by atoms with Crippen LogP contribution < -0.4 is 0 Å². The van der Waals surface area contributed by atoms with Crippen molar-refractivity contribution in [3.8, 4) is 39.9 Å². The second kappa shape index (κ2) is 10.7. The van der Waals surface area contributed by atoms with E-state index in [0.717, 1.165) is 88.1 Å². The minimum Gasteiger partial charge on any atom is -0.456 e. The molecule has 0 atom stereocenters. The molecule has 0 fully saturated rings. The summed E-state index contributed by atoms with van der Waals surface area (Å²) in [6, 6.07) is 53.7. The third kappa shape index (κ3) is 4.20. The molecule has 0 unspecified atom stereocenters. The first-order valence-electron chi connectivity index (χ1n) is 16.9. The molecule has 0 amide bonds. The summed E-state index contributed by atoms with van der Waals surface area (Å²) in [5.74, 6) is 1.84. The lowest BCUT2D eigenvalue weighted by Gasteiger charge is -2.10. The number of nitrogens with zero attached hydrogens (tertiary/aromatic N) is 4. The number of fused-ring (bicyclic) bond motifs is 10. The van der Waals surface area contributed by atoms with Gasteiger partial charge in [-0.2, -0.15) is 0 Å². The quantitative estimate of drug-likeness (QED) is 0.189. The fourth-order valence-electron chi connectivity index (χ4n) is 7.55. The Morgan fingerprint density at radius 1 is 0.392 bits per heavy atom. The Hall–Kier alpha value is -7.05. The number of furan rings is 2. The maximum absolute atomic E-state index is 6.59. The molecule has 0 spiro atoms. The van der Waals surface area contributed by atoms with Crippen molar-refractivity contribution in [1.29, 1.82) is 0 Å². The van der Waals surface area contributed by atoms with Crippen molar-refractivity contribution < 1.29 is 8.83 Å². The number of hydrogen-bond acceptors (Lipinski definition) is 5. The Labute approximate surface area is 290 Å². The summed E-state index contributed by atoms with van der Waals surface area (Å²) in [5.41, 5.74) is 9.18. The summed E-state index contributed by atoms with van der Waals surface area (Å²) in [6.07, 6.45) is 0. The molecule has 0 aliphatic rings. The van der Waals surface area contributed by atoms with Crippen LogP contribution in [0.5, 0.6) is 0 Å². The van der Waals surface area contributed by atoms with Crippen molar-refractivity contribution in [3.05, 3.63) is 158 Å². The highest BCUT2D eigenvalue weighted by Gasteiger charge is 2.22. The predicted octanol–water partition coefficient (Wildman–Crippen LogP) is 11.8. The predicted molar refractivity (Wildman–Crippen MR) is 205 cm³/mol. The number of benzene rings is 7. The van der Waals surface area contributed by atoms with E-state index in [-0.39, 0.29) is 0 Å². The Bertz CT molecular complexity index is 3080. The molecular weight excluding hydrogens is 629 g/mol. The van der Waals surface area contributed by atoms with Crippen molar-refractivity contribution in [1.82, 2.24) is 19.5 Å². The summed E-state index contributed by atoms with van der Waals surface area (Å²) < 4.78 is 15.5. The Balaban J connectivity index is 1.21. The minimum atomic E-state index is 0.596. The van der Waals surface area contributed by atoms with Crippen LogP contribution in [0.3, 0.4) is 0 Å². The monoisotopic (exact) mass is 654 g/mol. The lowest BCUT2D eigenvalue weighted by Crippen LogP contribution is -2.00. The van der Waals surface area contributed by atoms with Crippen molar-refractivity contribution >= 4 is 65.7 Å². The van der Waals surface area contributed by atoms with Crippen LogP contribution in [0.25, 0.3) is 106 Å². The van der Waals surface area contributed by atoms with E-state index in [0.29, 0.717) is 17.5 Å². The van der Waals surface area contributed by atoms with Gasteiger partial charge in [-0.15, -0.1) is 0 Å². The fourth-order valence-corrected chi connectivity index (χ4v) is 7.55. The van der Waals surface area contributed by atoms with Gasteiger partial charge in [0.15, 0.2) is 23.1 Å². The SMILES string of the molecule is c1ccc(-c2nc(-c3ccccc3)nc(-c3ccc4oc5ccc6c7ccccc7n(-c7cccc8c7oc7ccccc78)c6c5c4c3)n2)cc1. The summed E-state index contributed by atoms with van der Waals surface area (Å²) in [4.78, 5) is 14.9. The summed E-state index contributed by atoms with van der Waals surface area (Å²) in [6.45, 7) is 0. The molecule has 0 bridgehead atoms. The zero-order chi connectivity index (χ0) is 33.5. The topological polar surface area (TPSA) is 69.9 Å². The van der Waals surface area contributed by atoms with E-state index >= 15 is 0 Å². The number of para-hydroxylation sites is 3. The third-order valence-electron chi connectivity index (χ3n) is 9.85. The normalized spacial score (nSPS) is 11.9. The van der Waals surface area contributed by atoms with Gasteiger partial charge in [0.1, 0.15) is 16.7 Å². The Morgan fingerprint density at radius 3 is 1.76 bits per heavy atom. The second-order valence-electron chi connectivity index (χ2n) is 12.8. The minimum absolute atomic E-state index is 0.596. The van der Waals surface area contributed by atoms with Gasteiger partial charge in [0.2, 0.25) is 0 Å². The largest absolute Gasteiger partial charge is 0.456 e. The van der Waals surface area contributed by atoms with Crippen LogP contribution in [-0.2, 0) is 0 Å². The molecular formula is C45H26N4O2. The standard InChI is InChI=1S/C45H26N4O2/c1-3-12-27(13-4-1)43-46-44(28-14-5-2-6-15-28)48-45(47-43)29-22-24-38-34(26-29)40-39(50-38)25-23-32-30-16-7-9-19-35(30)49(41(32)40)36-20-11-18-33-31-17-8-10-21-37(31)51-42(33)36/h1-26H. The maximum atomic E-state index is 6.59. The van der Waals surface area contributed by atoms with Gasteiger partial charge in [-0.25, -0.2) is 15.0 Å². The first kappa shape index (κ1) is 27.9. The van der Waals surface area contributed by atoms with Gasteiger partial charge in [-0.1, -0.05) is 109 Å². The second-order valence-corrected chi connectivity index (χ2v) is 12.8. The molecule has 7 aromatic carbocycles. The first-order valence-corrected chi connectivity index (χ1v) is 16.9. The lowest BCUT2D eigenvalue weighted by molar-refractivity contribution is 0.666. The highest BCUT2D eigenvalue weighted by atomic mass is 16.3. The fraction of sp³-hybridized carbons (Fsp3) is 0. The van der Waals surface area contributed by atoms with Gasteiger partial charge in [0, 0.05) is 43.6 Å². The van der Waals surface area contributed by atoms with E-state index < -0.39 is 0 Å². The molecule has 6 heteroatoms. The van der Waals surface area contributed by atoms with E-state index in [2.05, 4.69) is 77.4 Å². The van der Waals surface area contributed by atoms with Crippen molar-refractivity contribution in [2.45, 2.75) is 0 Å². The van der Waals surface area contributed by atoms with E-state index in [1.165, 1.54) is 0 Å². The maximum Gasteiger partial charge on any atom is 0.164 e. The molecule has 4 aromatic heterocycles. The van der Waals surface area contributed by atoms with Crippen molar-refractivity contribution in [2.24, 2.45) is 0 Å². The summed E-state index contributed by atoms with van der Waals surface area (Å²) in [7, 11) is 0. The summed E-state index contributed by atoms with van der Waals surface area (Å²) in [5, 5.41) is 6.48. The van der Waals surface area contributed by atoms with Gasteiger partial charge >= 0.3 is 0 Å². The molecule has 11 rings (SSSR count). The van der Waals surface area contributed by atoms with E-state index in [4.69, 9.17) is 23.8 Å². The summed E-state index contributed by atoms with van der Waals surface area (Å²) >= 11 is 0. The number of hydrogen-bond donors (Lipinski definition) is 0. The van der Waals surface area contributed by atoms with E-state index in [9.17, 15) is 0 Å². The zero-order valence-electron chi connectivity index (χ0n) is 27.1. The number of aromatic nitrogens is 4. The zero-order valence-corrected chi connectivity index (χ0v) is 27.1. The van der Waals surface area contributed by atoms with Crippen LogP contribution >= 0.6 is 0 Å². The molecule has 238 valence electrons. The molecule has 0 aliphatic heterocycles. The van der Waals surface area contributed by atoms with Crippen LogP contribution in [0.2, 0.25) is 0 Å². The molecule has 0 N–H and O–H groups in total. The van der Waals surface area contributed by atoms with Crippen LogP contribution in [0.15, 0.2) is 167 Å². The average molecular weight is 655 g/mol. The molecule has 51 heavy (non-hydrogen) atoms. The van der Waals surface area contributed by atoms with E-state index in [1.807, 2.05) is 84.9 Å². The Morgan fingerprint density at radius 2 is 1.00 bits per heavy atom. The van der Waals surface area contributed by atoms with Crippen LogP contribution in [0.1, 0.15) is 0 Å². The number of rotatable bonds is 4. The van der Waals surface area contributed by atoms with Gasteiger partial charge in [-0.05, 0) is 48.5 Å². The molecule has 11 aromatic rings. The highest BCUT2D eigenvalue weighted by molar-refractivity contribution is 6.25. The third-order valence-corrected chi connectivity index (χ3v) is 9.85. The molecule has 0 saturated carbocycles. The molecule has 0 saturated heterocycles. The van der Waals surface area contributed by atoms with Crippen molar-refractivity contribution in [3.63, 3.8) is 0 Å². The molecule has 6 nitrogen and oxygen atoms in total. The molecule has 0 radical (unpaired) electrons. The lowest BCUT2D eigenvalue weighted by atomic mass is 10.1. The van der Waals surface area contributed by atoms with E-state index in [1.54, 1.807) is 0 Å². The van der Waals surface area contributed by atoms with Gasteiger partial charge in [-0.3, -0.25) is 0 Å². The van der Waals surface area contributed by atoms with Gasteiger partial charge in [0.05, 0.1) is 22.1 Å². The molecule has 0 aliphatic carbocycles. The van der Waals surface area contributed by atoms with Gasteiger partial charge in [0.25, 0.3) is 0 Å². The molecule has 4 heterocycles. The highest BCUT2D eigenvalue weighted by Crippen LogP contribution is 2.43. The smallest absolute Gasteiger partial charge is 0.164 e.